The van der Waals surface area contributed by atoms with Crippen LogP contribution in [-0.2, 0) is 10.0 Å². The molecule has 0 fully saturated rings. The number of sulfonamides is 1. The molecule has 120 valence electrons. The summed E-state index contributed by atoms with van der Waals surface area (Å²) >= 11 is 0. The monoisotopic (exact) mass is 313 g/mol. The number of methoxy groups -OCH3 is 1. The summed E-state index contributed by atoms with van der Waals surface area (Å²) in [5.74, 6) is 0.708. The van der Waals surface area contributed by atoms with Crippen molar-refractivity contribution in [3.8, 4) is 5.75 Å². The van der Waals surface area contributed by atoms with Crippen molar-refractivity contribution in [1.82, 2.24) is 4.72 Å². The Morgan fingerprint density at radius 2 is 1.76 bits per heavy atom. The fraction of sp³-hybridized carbons (Fsp3) is 0.625. The molecule has 0 bridgehead atoms. The Balaban J connectivity index is 2.82. The lowest BCUT2D eigenvalue weighted by molar-refractivity contribution is 0.365. The molecule has 1 aromatic carbocycles. The number of ether oxygens (including phenoxy) is 1. The quantitative estimate of drug-likeness (QED) is 0.819. The van der Waals surface area contributed by atoms with Gasteiger partial charge in [-0.25, -0.2) is 13.1 Å². The molecule has 0 saturated heterocycles. The highest BCUT2D eigenvalue weighted by molar-refractivity contribution is 7.89. The van der Waals surface area contributed by atoms with Gasteiger partial charge in [0.1, 0.15) is 5.75 Å². The van der Waals surface area contributed by atoms with E-state index in [0.29, 0.717) is 22.8 Å². The van der Waals surface area contributed by atoms with Crippen molar-refractivity contribution in [3.63, 3.8) is 0 Å². The molecular formula is C16H27NO3S. The minimum absolute atomic E-state index is 0.220. The zero-order chi connectivity index (χ0) is 16.3. The standard InChI is InChI=1S/C16H27NO3S/c1-12-11-15(13(2)10-14(12)20-6)21(18,19)17-9-7-8-16(3,4)5/h10-11,17H,7-9H2,1-6H3. The summed E-state index contributed by atoms with van der Waals surface area (Å²) < 4.78 is 32.7. The number of hydrogen-bond acceptors (Lipinski definition) is 3. The van der Waals surface area contributed by atoms with Crippen molar-refractivity contribution in [2.75, 3.05) is 13.7 Å². The van der Waals surface area contributed by atoms with Crippen molar-refractivity contribution < 1.29 is 13.2 Å². The zero-order valence-electron chi connectivity index (χ0n) is 13.9. The lowest BCUT2D eigenvalue weighted by atomic mass is 9.91. The van der Waals surface area contributed by atoms with E-state index in [1.54, 1.807) is 26.2 Å². The highest BCUT2D eigenvalue weighted by Gasteiger charge is 2.18. The first-order chi connectivity index (χ1) is 9.57. The Bertz CT molecular complexity index is 586. The first-order valence-electron chi connectivity index (χ1n) is 7.22. The van der Waals surface area contributed by atoms with E-state index in [0.717, 1.165) is 18.4 Å². The number of hydrogen-bond donors (Lipinski definition) is 1. The molecule has 1 N–H and O–H groups in total. The van der Waals surface area contributed by atoms with Crippen LogP contribution in [-0.4, -0.2) is 22.1 Å². The van der Waals surface area contributed by atoms with Crippen LogP contribution in [0, 0.1) is 19.3 Å². The Hall–Kier alpha value is -1.07. The van der Waals surface area contributed by atoms with Gasteiger partial charge in [-0.15, -0.1) is 0 Å². The molecule has 1 aromatic rings. The van der Waals surface area contributed by atoms with Gasteiger partial charge in [-0.2, -0.15) is 0 Å². The van der Waals surface area contributed by atoms with E-state index >= 15 is 0 Å². The third kappa shape index (κ3) is 5.32. The van der Waals surface area contributed by atoms with Crippen molar-refractivity contribution in [3.05, 3.63) is 23.3 Å². The second-order valence-electron chi connectivity index (χ2n) is 6.65. The number of rotatable bonds is 6. The fourth-order valence-corrected chi connectivity index (χ4v) is 3.56. The average Bonchev–Trinajstić information content (AvgIpc) is 2.35. The van der Waals surface area contributed by atoms with E-state index < -0.39 is 10.0 Å². The molecule has 0 amide bonds. The van der Waals surface area contributed by atoms with Gasteiger partial charge >= 0.3 is 0 Å². The zero-order valence-corrected chi connectivity index (χ0v) is 14.7. The molecule has 0 aromatic heterocycles. The highest BCUT2D eigenvalue weighted by Crippen LogP contribution is 2.25. The van der Waals surface area contributed by atoms with Crippen LogP contribution in [0.4, 0.5) is 0 Å². The van der Waals surface area contributed by atoms with Crippen molar-refractivity contribution in [2.24, 2.45) is 5.41 Å². The van der Waals surface area contributed by atoms with Crippen LogP contribution in [0.5, 0.6) is 5.75 Å². The average molecular weight is 313 g/mol. The SMILES string of the molecule is COc1cc(C)c(S(=O)(=O)NCCCC(C)(C)C)cc1C. The van der Waals surface area contributed by atoms with Crippen LogP contribution < -0.4 is 9.46 Å². The first-order valence-corrected chi connectivity index (χ1v) is 8.70. The van der Waals surface area contributed by atoms with Gasteiger partial charge in [0.2, 0.25) is 10.0 Å². The Kier molecular flexibility index (Phi) is 5.82. The number of aryl methyl sites for hydroxylation is 2. The summed E-state index contributed by atoms with van der Waals surface area (Å²) in [5.41, 5.74) is 1.73. The maximum atomic E-state index is 12.4. The molecule has 21 heavy (non-hydrogen) atoms. The molecule has 0 unspecified atom stereocenters. The summed E-state index contributed by atoms with van der Waals surface area (Å²) in [5, 5.41) is 0. The molecule has 0 saturated carbocycles. The fourth-order valence-electron chi connectivity index (χ4n) is 2.18. The molecule has 0 aliphatic rings. The van der Waals surface area contributed by atoms with E-state index in [1.165, 1.54) is 0 Å². The normalized spacial score (nSPS) is 12.5. The Morgan fingerprint density at radius 3 is 2.29 bits per heavy atom. The third-order valence-electron chi connectivity index (χ3n) is 3.38. The summed E-state index contributed by atoms with van der Waals surface area (Å²) in [7, 11) is -1.88. The lowest BCUT2D eigenvalue weighted by Crippen LogP contribution is -2.26. The first kappa shape index (κ1) is 18.0. The second kappa shape index (κ2) is 6.79. The van der Waals surface area contributed by atoms with Crippen molar-refractivity contribution in [1.29, 1.82) is 0 Å². The summed E-state index contributed by atoms with van der Waals surface area (Å²) in [6, 6.07) is 3.43. The van der Waals surface area contributed by atoms with Crippen molar-refractivity contribution in [2.45, 2.75) is 52.4 Å². The van der Waals surface area contributed by atoms with Gasteiger partial charge in [0.25, 0.3) is 0 Å². The molecule has 0 aliphatic carbocycles. The predicted octanol–water partition coefficient (Wildman–Crippen LogP) is 3.42. The largest absolute Gasteiger partial charge is 0.496 e. The molecule has 0 aliphatic heterocycles. The third-order valence-corrected chi connectivity index (χ3v) is 4.98. The number of benzene rings is 1. The van der Waals surface area contributed by atoms with Gasteiger partial charge in [-0.1, -0.05) is 20.8 Å². The van der Waals surface area contributed by atoms with Crippen LogP contribution in [0.25, 0.3) is 0 Å². The molecule has 0 spiro atoms. The van der Waals surface area contributed by atoms with Crippen LogP contribution in [0.3, 0.4) is 0 Å². The van der Waals surface area contributed by atoms with Crippen molar-refractivity contribution >= 4 is 10.0 Å². The molecular weight excluding hydrogens is 286 g/mol. The van der Waals surface area contributed by atoms with E-state index in [1.807, 2.05) is 6.92 Å². The Morgan fingerprint density at radius 1 is 1.14 bits per heavy atom. The van der Waals surface area contributed by atoms with E-state index in [4.69, 9.17) is 4.74 Å². The number of nitrogens with one attached hydrogen (secondary N) is 1. The van der Waals surface area contributed by atoms with Crippen LogP contribution in [0.1, 0.15) is 44.7 Å². The van der Waals surface area contributed by atoms with E-state index in [-0.39, 0.29) is 5.41 Å². The van der Waals surface area contributed by atoms with E-state index in [9.17, 15) is 8.42 Å². The minimum atomic E-state index is -3.46. The smallest absolute Gasteiger partial charge is 0.240 e. The summed E-state index contributed by atoms with van der Waals surface area (Å²) in [6.07, 6.45) is 1.81. The highest BCUT2D eigenvalue weighted by atomic mass is 32.2. The van der Waals surface area contributed by atoms with Crippen LogP contribution in [0.15, 0.2) is 17.0 Å². The second-order valence-corrected chi connectivity index (χ2v) is 8.38. The molecule has 0 radical (unpaired) electrons. The van der Waals surface area contributed by atoms with Gasteiger partial charge < -0.3 is 4.74 Å². The molecule has 1 rings (SSSR count). The maximum Gasteiger partial charge on any atom is 0.240 e. The summed E-state index contributed by atoms with van der Waals surface area (Å²) in [4.78, 5) is 0.330. The minimum Gasteiger partial charge on any atom is -0.496 e. The van der Waals surface area contributed by atoms with Gasteiger partial charge in [0, 0.05) is 6.54 Å². The molecule has 0 heterocycles. The Labute approximate surface area is 129 Å². The molecule has 4 nitrogen and oxygen atoms in total. The molecule has 0 atom stereocenters. The maximum absolute atomic E-state index is 12.4. The van der Waals surface area contributed by atoms with Crippen LogP contribution >= 0.6 is 0 Å². The topological polar surface area (TPSA) is 55.4 Å². The van der Waals surface area contributed by atoms with E-state index in [2.05, 4.69) is 25.5 Å². The summed E-state index contributed by atoms with van der Waals surface area (Å²) in [6.45, 7) is 10.5. The van der Waals surface area contributed by atoms with Gasteiger partial charge in [-0.3, -0.25) is 0 Å². The lowest BCUT2D eigenvalue weighted by Gasteiger charge is -2.18. The van der Waals surface area contributed by atoms with Gasteiger partial charge in [0.05, 0.1) is 12.0 Å². The van der Waals surface area contributed by atoms with Gasteiger partial charge in [-0.05, 0) is 55.4 Å². The van der Waals surface area contributed by atoms with Gasteiger partial charge in [0.15, 0.2) is 0 Å². The molecule has 5 heteroatoms. The predicted molar refractivity (Wildman–Crippen MR) is 86.3 cm³/mol. The van der Waals surface area contributed by atoms with Crippen LogP contribution in [0.2, 0.25) is 0 Å².